The van der Waals surface area contributed by atoms with Gasteiger partial charge in [-0.05, 0) is 49.3 Å². The number of halogens is 1. The van der Waals surface area contributed by atoms with Crippen molar-refractivity contribution < 1.29 is 4.79 Å². The van der Waals surface area contributed by atoms with E-state index in [2.05, 4.69) is 25.1 Å². The van der Waals surface area contributed by atoms with Gasteiger partial charge in [-0.25, -0.2) is 0 Å². The summed E-state index contributed by atoms with van der Waals surface area (Å²) in [6, 6.07) is 6.78. The van der Waals surface area contributed by atoms with E-state index in [-0.39, 0.29) is 6.04 Å². The van der Waals surface area contributed by atoms with Crippen LogP contribution < -0.4 is 4.90 Å². The number of anilines is 1. The molecule has 126 valence electrons. The molecule has 23 heavy (non-hydrogen) atoms. The Morgan fingerprint density at radius 2 is 2.04 bits per heavy atom. The van der Waals surface area contributed by atoms with Gasteiger partial charge in [0.15, 0.2) is 0 Å². The Morgan fingerprint density at radius 1 is 1.26 bits per heavy atom. The molecule has 1 aromatic rings. The molecular weight excluding hydrogens is 306 g/mol. The van der Waals surface area contributed by atoms with Gasteiger partial charge in [-0.1, -0.05) is 44.2 Å². The first-order valence-electron chi connectivity index (χ1n) is 9.19. The van der Waals surface area contributed by atoms with Crippen molar-refractivity contribution in [2.75, 3.05) is 10.8 Å². The van der Waals surface area contributed by atoms with Crippen LogP contribution in [0.25, 0.3) is 0 Å². The molecule has 2 nitrogen and oxygen atoms in total. The first-order chi connectivity index (χ1) is 11.2. The van der Waals surface area contributed by atoms with Crippen molar-refractivity contribution in [3.05, 3.63) is 29.3 Å². The molecule has 3 rings (SSSR count). The number of carbonyl (C=O) groups is 1. The van der Waals surface area contributed by atoms with Crippen LogP contribution >= 0.6 is 11.6 Å². The summed E-state index contributed by atoms with van der Waals surface area (Å²) in [4.78, 5) is 14.8. The fourth-order valence-corrected chi connectivity index (χ4v) is 4.47. The lowest BCUT2D eigenvalue weighted by molar-refractivity contribution is -0.119. The SMILES string of the molecule is CC1Cc2cc(CCCl)ccc2N1C(=O)CCC1CCCCC1. The number of hydrogen-bond acceptors (Lipinski definition) is 1. The summed E-state index contributed by atoms with van der Waals surface area (Å²) in [6.07, 6.45) is 10.4. The van der Waals surface area contributed by atoms with E-state index in [1.807, 2.05) is 4.90 Å². The van der Waals surface area contributed by atoms with Crippen LogP contribution in [0, 0.1) is 5.92 Å². The highest BCUT2D eigenvalue weighted by Crippen LogP contribution is 2.34. The second kappa shape index (κ2) is 7.70. The lowest BCUT2D eigenvalue weighted by Gasteiger charge is -2.25. The molecule has 0 N–H and O–H groups in total. The van der Waals surface area contributed by atoms with E-state index in [4.69, 9.17) is 11.6 Å². The zero-order chi connectivity index (χ0) is 16.2. The van der Waals surface area contributed by atoms with Gasteiger partial charge in [-0.3, -0.25) is 4.79 Å². The number of aryl methyl sites for hydroxylation is 1. The third kappa shape index (κ3) is 3.91. The molecule has 0 radical (unpaired) electrons. The standard InChI is InChI=1S/C20H28ClNO/c1-15-13-18-14-17(11-12-21)7-9-19(18)22(15)20(23)10-8-16-5-3-2-4-6-16/h7,9,14-16H,2-6,8,10-13H2,1H3. The number of rotatable bonds is 5. The fourth-order valence-electron chi connectivity index (χ4n) is 4.25. The lowest BCUT2D eigenvalue weighted by atomic mass is 9.86. The molecule has 0 bridgehead atoms. The van der Waals surface area contributed by atoms with Gasteiger partial charge in [0.2, 0.25) is 5.91 Å². The summed E-state index contributed by atoms with van der Waals surface area (Å²) >= 11 is 5.85. The molecule has 1 atom stereocenters. The van der Waals surface area contributed by atoms with Gasteiger partial charge in [0.25, 0.3) is 0 Å². The van der Waals surface area contributed by atoms with Crippen molar-refractivity contribution in [3.8, 4) is 0 Å². The molecule has 1 saturated carbocycles. The van der Waals surface area contributed by atoms with Crippen LogP contribution in [0.5, 0.6) is 0 Å². The average molecular weight is 334 g/mol. The number of amides is 1. The van der Waals surface area contributed by atoms with E-state index in [0.717, 1.165) is 30.9 Å². The summed E-state index contributed by atoms with van der Waals surface area (Å²) in [5.41, 5.74) is 3.72. The first-order valence-corrected chi connectivity index (χ1v) is 9.72. The van der Waals surface area contributed by atoms with Gasteiger partial charge in [-0.15, -0.1) is 11.6 Å². The van der Waals surface area contributed by atoms with Crippen molar-refractivity contribution in [1.29, 1.82) is 0 Å². The largest absolute Gasteiger partial charge is 0.309 e. The minimum absolute atomic E-state index is 0.287. The number of hydrogen-bond donors (Lipinski definition) is 0. The number of benzene rings is 1. The maximum Gasteiger partial charge on any atom is 0.227 e. The lowest BCUT2D eigenvalue weighted by Crippen LogP contribution is -2.35. The molecule has 0 aromatic heterocycles. The van der Waals surface area contributed by atoms with Crippen LogP contribution in [0.3, 0.4) is 0 Å². The second-order valence-corrected chi connectivity index (χ2v) is 7.64. The van der Waals surface area contributed by atoms with E-state index >= 15 is 0 Å². The van der Waals surface area contributed by atoms with E-state index in [9.17, 15) is 4.79 Å². The van der Waals surface area contributed by atoms with Crippen LogP contribution in [-0.2, 0) is 17.6 Å². The smallest absolute Gasteiger partial charge is 0.227 e. The zero-order valence-electron chi connectivity index (χ0n) is 14.2. The zero-order valence-corrected chi connectivity index (χ0v) is 14.9. The van der Waals surface area contributed by atoms with Crippen molar-refractivity contribution in [2.45, 2.75) is 70.8 Å². The molecule has 1 aromatic carbocycles. The number of fused-ring (bicyclic) bond motifs is 1. The molecule has 1 amide bonds. The molecule has 2 aliphatic rings. The molecule has 1 aliphatic carbocycles. The summed E-state index contributed by atoms with van der Waals surface area (Å²) < 4.78 is 0. The number of nitrogens with zero attached hydrogens (tertiary/aromatic N) is 1. The highest BCUT2D eigenvalue weighted by Gasteiger charge is 2.31. The Labute approximate surface area is 145 Å². The third-order valence-electron chi connectivity index (χ3n) is 5.50. The van der Waals surface area contributed by atoms with E-state index in [0.29, 0.717) is 18.2 Å². The van der Waals surface area contributed by atoms with Gasteiger partial charge in [0.05, 0.1) is 0 Å². The second-order valence-electron chi connectivity index (χ2n) is 7.26. The summed E-state index contributed by atoms with van der Waals surface area (Å²) in [5.74, 6) is 1.74. The monoisotopic (exact) mass is 333 g/mol. The number of alkyl halides is 1. The molecule has 3 heteroatoms. The Kier molecular flexibility index (Phi) is 5.63. The minimum atomic E-state index is 0.287. The Bertz CT molecular complexity index is 551. The summed E-state index contributed by atoms with van der Waals surface area (Å²) in [7, 11) is 0. The minimum Gasteiger partial charge on any atom is -0.309 e. The summed E-state index contributed by atoms with van der Waals surface area (Å²) in [6.45, 7) is 2.17. The molecule has 0 spiro atoms. The Balaban J connectivity index is 1.64. The van der Waals surface area contributed by atoms with Crippen LogP contribution in [0.4, 0.5) is 5.69 Å². The van der Waals surface area contributed by atoms with Crippen molar-refractivity contribution in [1.82, 2.24) is 0 Å². The predicted molar refractivity (Wildman–Crippen MR) is 97.3 cm³/mol. The third-order valence-corrected chi connectivity index (χ3v) is 5.69. The Hall–Kier alpha value is -1.02. The average Bonchev–Trinajstić information content (AvgIpc) is 2.89. The number of carbonyl (C=O) groups excluding carboxylic acids is 1. The van der Waals surface area contributed by atoms with E-state index < -0.39 is 0 Å². The summed E-state index contributed by atoms with van der Waals surface area (Å²) in [5, 5.41) is 0. The van der Waals surface area contributed by atoms with Crippen LogP contribution in [0.2, 0.25) is 0 Å². The molecule has 1 unspecified atom stereocenters. The quantitative estimate of drug-likeness (QED) is 0.686. The normalized spacial score (nSPS) is 21.5. The van der Waals surface area contributed by atoms with E-state index in [1.165, 1.54) is 43.2 Å². The molecule has 1 heterocycles. The van der Waals surface area contributed by atoms with Crippen LogP contribution in [0.1, 0.15) is 63.0 Å². The molecule has 0 saturated heterocycles. The fraction of sp³-hybridized carbons (Fsp3) is 0.650. The van der Waals surface area contributed by atoms with Gasteiger partial charge in [0, 0.05) is 24.0 Å². The topological polar surface area (TPSA) is 20.3 Å². The van der Waals surface area contributed by atoms with Gasteiger partial charge < -0.3 is 4.90 Å². The van der Waals surface area contributed by atoms with Gasteiger partial charge in [-0.2, -0.15) is 0 Å². The molecule has 1 aliphatic heterocycles. The molecular formula is C20H28ClNO. The maximum absolute atomic E-state index is 12.8. The Morgan fingerprint density at radius 3 is 2.78 bits per heavy atom. The van der Waals surface area contributed by atoms with Crippen molar-refractivity contribution in [2.24, 2.45) is 5.92 Å². The van der Waals surface area contributed by atoms with Gasteiger partial charge in [0.1, 0.15) is 0 Å². The van der Waals surface area contributed by atoms with Gasteiger partial charge >= 0.3 is 0 Å². The highest BCUT2D eigenvalue weighted by atomic mass is 35.5. The first kappa shape index (κ1) is 16.8. The maximum atomic E-state index is 12.8. The van der Waals surface area contributed by atoms with Crippen molar-refractivity contribution in [3.63, 3.8) is 0 Å². The predicted octanol–water partition coefficient (Wildman–Crippen LogP) is 5.11. The highest BCUT2D eigenvalue weighted by molar-refractivity contribution is 6.18. The van der Waals surface area contributed by atoms with Crippen LogP contribution in [-0.4, -0.2) is 17.8 Å². The van der Waals surface area contributed by atoms with E-state index in [1.54, 1.807) is 0 Å². The molecule has 1 fully saturated rings. The van der Waals surface area contributed by atoms with Crippen LogP contribution in [0.15, 0.2) is 18.2 Å². The van der Waals surface area contributed by atoms with Crippen molar-refractivity contribution >= 4 is 23.2 Å².